The first-order valence-corrected chi connectivity index (χ1v) is 8.79. The largest absolute Gasteiger partial charge is 0.508 e. The van der Waals surface area contributed by atoms with Crippen molar-refractivity contribution in [3.63, 3.8) is 0 Å². The van der Waals surface area contributed by atoms with Gasteiger partial charge in [0, 0.05) is 12.8 Å². The summed E-state index contributed by atoms with van der Waals surface area (Å²) in [6, 6.07) is 10.5. The van der Waals surface area contributed by atoms with Crippen molar-refractivity contribution < 1.29 is 37.8 Å². The van der Waals surface area contributed by atoms with E-state index in [2.05, 4.69) is 5.32 Å². The van der Waals surface area contributed by atoms with Gasteiger partial charge in [0.15, 0.2) is 0 Å². The van der Waals surface area contributed by atoms with Crippen molar-refractivity contribution in [2.75, 3.05) is 0 Å². The zero-order valence-corrected chi connectivity index (χ0v) is 15.5. The summed E-state index contributed by atoms with van der Waals surface area (Å²) < 4.78 is 38.0. The number of carboxylic acid groups (broad SMARTS) is 1. The SMILES string of the molecule is O=C(N[C@@H](Cc1ccc(O)cc1)C(=O)O)C(Cc1ccccc1)NC(=O)C(F)(F)F. The normalized spacial score (nSPS) is 13.2. The molecule has 0 aliphatic rings. The average molecular weight is 424 g/mol. The van der Waals surface area contributed by atoms with Crippen LogP contribution in [0, 0.1) is 0 Å². The van der Waals surface area contributed by atoms with Gasteiger partial charge in [0.25, 0.3) is 0 Å². The predicted molar refractivity (Wildman–Crippen MR) is 99.5 cm³/mol. The van der Waals surface area contributed by atoms with Crippen LogP contribution in [0.1, 0.15) is 11.1 Å². The van der Waals surface area contributed by atoms with E-state index in [0.717, 1.165) is 0 Å². The van der Waals surface area contributed by atoms with Gasteiger partial charge >= 0.3 is 18.1 Å². The minimum absolute atomic E-state index is 0.0348. The number of aromatic hydroxyl groups is 1. The summed E-state index contributed by atoms with van der Waals surface area (Å²) in [5.41, 5.74) is 0.949. The summed E-state index contributed by atoms with van der Waals surface area (Å²) in [6.45, 7) is 0. The predicted octanol–water partition coefficient (Wildman–Crippen LogP) is 1.79. The number of halogens is 3. The summed E-state index contributed by atoms with van der Waals surface area (Å²) in [7, 11) is 0. The molecule has 10 heteroatoms. The molecule has 0 fully saturated rings. The maximum Gasteiger partial charge on any atom is 0.471 e. The number of alkyl halides is 3. The van der Waals surface area contributed by atoms with Crippen LogP contribution in [0.3, 0.4) is 0 Å². The Morgan fingerprint density at radius 3 is 1.90 bits per heavy atom. The van der Waals surface area contributed by atoms with Crippen LogP contribution < -0.4 is 10.6 Å². The highest BCUT2D eigenvalue weighted by atomic mass is 19.4. The molecule has 0 saturated heterocycles. The number of carboxylic acids is 1. The van der Waals surface area contributed by atoms with E-state index in [9.17, 15) is 37.8 Å². The van der Waals surface area contributed by atoms with E-state index < -0.39 is 36.0 Å². The Labute approximate surface area is 169 Å². The Morgan fingerprint density at radius 2 is 1.37 bits per heavy atom. The molecule has 0 heterocycles. The number of rotatable bonds is 8. The van der Waals surface area contributed by atoms with Crippen LogP contribution in [-0.4, -0.2) is 46.3 Å². The Hall–Kier alpha value is -3.56. The third-order valence-corrected chi connectivity index (χ3v) is 4.15. The van der Waals surface area contributed by atoms with Gasteiger partial charge in [-0.25, -0.2) is 4.79 Å². The highest BCUT2D eigenvalue weighted by molar-refractivity contribution is 5.92. The quantitative estimate of drug-likeness (QED) is 0.516. The Balaban J connectivity index is 2.17. The fourth-order valence-electron chi connectivity index (χ4n) is 2.64. The zero-order chi connectivity index (χ0) is 22.3. The van der Waals surface area contributed by atoms with Crippen LogP contribution in [0.2, 0.25) is 0 Å². The number of phenolic OH excluding ortho intramolecular Hbond substituents is 1. The average Bonchev–Trinajstić information content (AvgIpc) is 2.68. The van der Waals surface area contributed by atoms with Crippen LogP contribution in [0.15, 0.2) is 54.6 Å². The molecule has 0 radical (unpaired) electrons. The highest BCUT2D eigenvalue weighted by Gasteiger charge is 2.41. The van der Waals surface area contributed by atoms with E-state index in [1.807, 2.05) is 0 Å². The molecule has 2 aromatic carbocycles. The number of hydrogen-bond donors (Lipinski definition) is 4. The standard InChI is InChI=1S/C20H19F3N2O5/c21-20(22,23)19(30)25-15(10-12-4-2-1-3-5-12)17(27)24-16(18(28)29)11-13-6-8-14(26)9-7-13/h1-9,15-16,26H,10-11H2,(H,24,27)(H,25,30)(H,28,29)/t15?,16-/m0/s1. The number of carbonyl (C=O) groups excluding carboxylic acids is 2. The first kappa shape index (κ1) is 22.7. The van der Waals surface area contributed by atoms with E-state index >= 15 is 0 Å². The third kappa shape index (κ3) is 6.80. The first-order chi connectivity index (χ1) is 14.1. The van der Waals surface area contributed by atoms with Gasteiger partial charge in [-0.15, -0.1) is 0 Å². The van der Waals surface area contributed by atoms with Crippen molar-refractivity contribution in [2.45, 2.75) is 31.1 Å². The zero-order valence-electron chi connectivity index (χ0n) is 15.5. The molecule has 7 nitrogen and oxygen atoms in total. The number of aliphatic carboxylic acids is 1. The van der Waals surface area contributed by atoms with E-state index in [1.54, 1.807) is 35.6 Å². The van der Waals surface area contributed by atoms with Gasteiger partial charge in [-0.1, -0.05) is 42.5 Å². The first-order valence-electron chi connectivity index (χ1n) is 8.79. The molecule has 0 aromatic heterocycles. The lowest BCUT2D eigenvalue weighted by Gasteiger charge is -2.22. The van der Waals surface area contributed by atoms with E-state index in [4.69, 9.17) is 0 Å². The molecule has 4 N–H and O–H groups in total. The highest BCUT2D eigenvalue weighted by Crippen LogP contribution is 2.16. The molecule has 0 aliphatic carbocycles. The van der Waals surface area contributed by atoms with Crippen LogP contribution in [-0.2, 0) is 27.2 Å². The smallest absolute Gasteiger partial charge is 0.471 e. The van der Waals surface area contributed by atoms with Gasteiger partial charge in [0.05, 0.1) is 0 Å². The van der Waals surface area contributed by atoms with Crippen molar-refractivity contribution in [2.24, 2.45) is 0 Å². The third-order valence-electron chi connectivity index (χ3n) is 4.15. The maximum atomic E-state index is 12.7. The van der Waals surface area contributed by atoms with Gasteiger partial charge in [-0.05, 0) is 23.3 Å². The Kier molecular flexibility index (Phi) is 7.40. The second-order valence-electron chi connectivity index (χ2n) is 6.48. The second kappa shape index (κ2) is 9.77. The van der Waals surface area contributed by atoms with Gasteiger partial charge in [-0.2, -0.15) is 13.2 Å². The van der Waals surface area contributed by atoms with Crippen molar-refractivity contribution in [1.82, 2.24) is 10.6 Å². The van der Waals surface area contributed by atoms with Crippen LogP contribution in [0.5, 0.6) is 5.75 Å². The summed E-state index contributed by atoms with van der Waals surface area (Å²) >= 11 is 0. The molecule has 2 atom stereocenters. The molecule has 1 unspecified atom stereocenters. The molecule has 2 rings (SSSR count). The molecule has 2 amide bonds. The van der Waals surface area contributed by atoms with Crippen molar-refractivity contribution in [3.05, 3.63) is 65.7 Å². The molecule has 0 saturated carbocycles. The number of nitrogens with one attached hydrogen (secondary N) is 2. The van der Waals surface area contributed by atoms with Crippen molar-refractivity contribution in [1.29, 1.82) is 0 Å². The Morgan fingerprint density at radius 1 is 0.833 bits per heavy atom. The molecule has 30 heavy (non-hydrogen) atoms. The summed E-state index contributed by atoms with van der Waals surface area (Å²) in [4.78, 5) is 35.5. The Bertz CT molecular complexity index is 886. The number of phenols is 1. The fraction of sp³-hybridized carbons (Fsp3) is 0.250. The minimum atomic E-state index is -5.20. The second-order valence-corrected chi connectivity index (χ2v) is 6.48. The topological polar surface area (TPSA) is 116 Å². The van der Waals surface area contributed by atoms with E-state index in [1.165, 1.54) is 24.3 Å². The van der Waals surface area contributed by atoms with Gasteiger partial charge in [0.1, 0.15) is 17.8 Å². The molecule has 0 bridgehead atoms. The summed E-state index contributed by atoms with van der Waals surface area (Å²) in [6.07, 6.45) is -5.64. The van der Waals surface area contributed by atoms with Crippen molar-refractivity contribution >= 4 is 17.8 Å². The molecular formula is C20H19F3N2O5. The summed E-state index contributed by atoms with van der Waals surface area (Å²) in [5, 5.41) is 22.5. The molecule has 2 aromatic rings. The number of carbonyl (C=O) groups is 3. The van der Waals surface area contributed by atoms with Gasteiger partial charge < -0.3 is 20.8 Å². The lowest BCUT2D eigenvalue weighted by molar-refractivity contribution is -0.174. The molecule has 160 valence electrons. The van der Waals surface area contributed by atoms with Gasteiger partial charge in [0.2, 0.25) is 5.91 Å². The van der Waals surface area contributed by atoms with Crippen LogP contribution >= 0.6 is 0 Å². The monoisotopic (exact) mass is 424 g/mol. The van der Waals surface area contributed by atoms with Crippen LogP contribution in [0.25, 0.3) is 0 Å². The van der Waals surface area contributed by atoms with Crippen molar-refractivity contribution in [3.8, 4) is 5.75 Å². The summed E-state index contributed by atoms with van der Waals surface area (Å²) in [5.74, 6) is -4.81. The molecule has 0 aliphatic heterocycles. The fourth-order valence-corrected chi connectivity index (χ4v) is 2.64. The number of amides is 2. The number of benzene rings is 2. The number of hydrogen-bond acceptors (Lipinski definition) is 4. The minimum Gasteiger partial charge on any atom is -0.508 e. The van der Waals surface area contributed by atoms with Crippen LogP contribution in [0.4, 0.5) is 13.2 Å². The maximum absolute atomic E-state index is 12.7. The van der Waals surface area contributed by atoms with E-state index in [0.29, 0.717) is 11.1 Å². The molecular weight excluding hydrogens is 405 g/mol. The lowest BCUT2D eigenvalue weighted by Crippen LogP contribution is -2.55. The van der Waals surface area contributed by atoms with Gasteiger partial charge in [-0.3, -0.25) is 9.59 Å². The lowest BCUT2D eigenvalue weighted by atomic mass is 10.0. The van der Waals surface area contributed by atoms with E-state index in [-0.39, 0.29) is 18.6 Å². The molecule has 0 spiro atoms.